The van der Waals surface area contributed by atoms with Crippen molar-refractivity contribution in [3.63, 3.8) is 0 Å². The maximum absolute atomic E-state index is 14.1. The lowest BCUT2D eigenvalue weighted by Gasteiger charge is -2.43. The quantitative estimate of drug-likeness (QED) is 0.0267. The third-order valence-corrected chi connectivity index (χ3v) is 16.5. The molecule has 7 N–H and O–H groups in total. The minimum Gasteiger partial charge on any atom is -0.507 e. The topological polar surface area (TPSA) is 331 Å². The first-order valence-electron chi connectivity index (χ1n) is 28.5. The zero-order valence-electron chi connectivity index (χ0n) is 47.8. The Balaban J connectivity index is 0.791. The second-order valence-electron chi connectivity index (χ2n) is 22.5. The molecule has 23 nitrogen and oxygen atoms in total. The van der Waals surface area contributed by atoms with E-state index in [-0.39, 0.29) is 115 Å². The molecule has 5 unspecified atom stereocenters. The van der Waals surface area contributed by atoms with Gasteiger partial charge in [0.2, 0.25) is 11.7 Å². The summed E-state index contributed by atoms with van der Waals surface area (Å²) in [5, 5.41) is 62.5. The highest BCUT2D eigenvalue weighted by molar-refractivity contribution is 6.31. The summed E-state index contributed by atoms with van der Waals surface area (Å²) in [6, 6.07) is 9.81. The van der Waals surface area contributed by atoms with Gasteiger partial charge in [-0.15, -0.1) is 0 Å². The van der Waals surface area contributed by atoms with E-state index in [0.717, 1.165) is 4.90 Å². The molecule has 3 aliphatic heterocycles. The molecule has 0 aromatic heterocycles. The fourth-order valence-electron chi connectivity index (χ4n) is 11.6. The Morgan fingerprint density at radius 1 is 0.881 bits per heavy atom. The number of hydrogen-bond acceptors (Lipinski definition) is 20. The van der Waals surface area contributed by atoms with Gasteiger partial charge in [-0.2, -0.15) is 0 Å². The number of methoxy groups -OCH3 is 1. The van der Waals surface area contributed by atoms with Crippen LogP contribution in [0.25, 0.3) is 0 Å². The molecule has 0 spiro atoms. The molecule has 4 amide bonds. The first kappa shape index (κ1) is 62.8. The average molecular weight is 1170 g/mol. The molecule has 9 atom stereocenters. The number of hydrogen-bond donors (Lipinski definition) is 7. The number of phenolic OH excluding ortho intramolecular Hbond substituents is 2. The lowest BCUT2D eigenvalue weighted by molar-refractivity contribution is -0.249. The number of aliphatic hydroxyl groups is 3. The molecule has 452 valence electrons. The Labute approximate surface area is 485 Å². The minimum absolute atomic E-state index is 0.000282. The molecule has 3 aromatic carbocycles. The van der Waals surface area contributed by atoms with Crippen molar-refractivity contribution in [2.45, 2.75) is 153 Å². The number of Topliss-reactive ketones (excluding diaryl/α,β-unsaturated/α-hetero) is 3. The summed E-state index contributed by atoms with van der Waals surface area (Å²) in [5.74, 6) is -6.21. The second kappa shape index (κ2) is 27.2. The summed E-state index contributed by atoms with van der Waals surface area (Å²) in [6.45, 7) is 6.95. The molecule has 2 fully saturated rings. The fraction of sp³-hybridized carbons (Fsp3) is 0.525. The van der Waals surface area contributed by atoms with E-state index in [0.29, 0.717) is 49.8 Å². The van der Waals surface area contributed by atoms with Crippen molar-refractivity contribution in [1.29, 1.82) is 0 Å². The summed E-state index contributed by atoms with van der Waals surface area (Å²) in [7, 11) is 1.31. The number of carbonyl (C=O) groups excluding carboxylic acids is 9. The highest BCUT2D eigenvalue weighted by Crippen LogP contribution is 2.52. The van der Waals surface area contributed by atoms with Gasteiger partial charge in [-0.25, -0.2) is 4.79 Å². The molecule has 3 aromatic rings. The van der Waals surface area contributed by atoms with Crippen LogP contribution >= 0.6 is 0 Å². The summed E-state index contributed by atoms with van der Waals surface area (Å²) in [4.78, 5) is 120. The van der Waals surface area contributed by atoms with E-state index in [9.17, 15) is 68.7 Å². The van der Waals surface area contributed by atoms with E-state index in [1.54, 1.807) is 38.1 Å². The summed E-state index contributed by atoms with van der Waals surface area (Å²) in [6.07, 6.45) is -1.46. The van der Waals surface area contributed by atoms with Crippen molar-refractivity contribution in [3.05, 3.63) is 99.1 Å². The maximum atomic E-state index is 14.1. The van der Waals surface area contributed by atoms with Gasteiger partial charge in [0.25, 0.3) is 11.8 Å². The number of fused-ring (bicyclic) bond motifs is 3. The molecule has 2 saturated heterocycles. The van der Waals surface area contributed by atoms with Gasteiger partial charge in [0.1, 0.15) is 48.1 Å². The molecule has 2 aliphatic carbocycles. The van der Waals surface area contributed by atoms with Gasteiger partial charge in [-0.05, 0) is 69.2 Å². The molecule has 23 heteroatoms. The van der Waals surface area contributed by atoms with E-state index in [1.807, 2.05) is 13.8 Å². The number of aliphatic hydroxyl groups excluding tert-OH is 2. The van der Waals surface area contributed by atoms with Crippen molar-refractivity contribution in [2.75, 3.05) is 40.0 Å². The molecule has 0 bridgehead atoms. The predicted octanol–water partition coefficient (Wildman–Crippen LogP) is 3.74. The Kier molecular flexibility index (Phi) is 20.3. The molecule has 8 rings (SSSR count). The summed E-state index contributed by atoms with van der Waals surface area (Å²) >= 11 is 0. The lowest BCUT2D eigenvalue weighted by Crippen LogP contribution is -2.54. The van der Waals surface area contributed by atoms with Crippen LogP contribution in [0.1, 0.15) is 146 Å². The molecular weight excluding hydrogens is 1090 g/mol. The minimum atomic E-state index is -2.34. The smallest absolute Gasteiger partial charge is 0.412 e. The highest BCUT2D eigenvalue weighted by atomic mass is 16.7. The van der Waals surface area contributed by atoms with Crippen LogP contribution in [0.15, 0.2) is 54.6 Å². The Bertz CT molecular complexity index is 3050. The largest absolute Gasteiger partial charge is 0.507 e. The first-order valence-corrected chi connectivity index (χ1v) is 28.5. The van der Waals surface area contributed by atoms with Crippen molar-refractivity contribution >= 4 is 52.7 Å². The van der Waals surface area contributed by atoms with Crippen LogP contribution in [0.2, 0.25) is 0 Å². The number of unbranched alkanes of at least 4 members (excludes halogenated alkanes) is 2. The van der Waals surface area contributed by atoms with Gasteiger partial charge in [0.15, 0.2) is 23.6 Å². The van der Waals surface area contributed by atoms with Crippen LogP contribution in [0.5, 0.6) is 17.2 Å². The van der Waals surface area contributed by atoms with Gasteiger partial charge in [0.05, 0.1) is 61.3 Å². The number of aromatic hydroxyl groups is 2. The molecule has 0 saturated carbocycles. The number of benzene rings is 3. The Morgan fingerprint density at radius 3 is 2.27 bits per heavy atom. The Morgan fingerprint density at radius 2 is 1.58 bits per heavy atom. The third-order valence-electron chi connectivity index (χ3n) is 16.5. The maximum Gasteiger partial charge on any atom is 0.412 e. The van der Waals surface area contributed by atoms with E-state index in [2.05, 4.69) is 10.6 Å². The van der Waals surface area contributed by atoms with Crippen molar-refractivity contribution in [3.8, 4) is 17.2 Å². The van der Waals surface area contributed by atoms with Crippen LogP contribution in [0.4, 0.5) is 4.79 Å². The van der Waals surface area contributed by atoms with Gasteiger partial charge in [-0.3, -0.25) is 48.2 Å². The number of phenols is 2. The number of amides is 4. The van der Waals surface area contributed by atoms with Gasteiger partial charge < -0.3 is 59.9 Å². The highest BCUT2D eigenvalue weighted by Gasteiger charge is 2.50. The van der Waals surface area contributed by atoms with Crippen LogP contribution in [-0.4, -0.2) is 170 Å². The van der Waals surface area contributed by atoms with Crippen LogP contribution < -0.4 is 15.4 Å². The predicted molar refractivity (Wildman–Crippen MR) is 296 cm³/mol. The monoisotopic (exact) mass is 1170 g/mol. The average Bonchev–Trinajstić information content (AvgIpc) is 1.25. The number of ether oxygens (including phenoxy) is 5. The number of nitrogens with one attached hydrogen (secondary N) is 2. The van der Waals surface area contributed by atoms with Crippen molar-refractivity contribution in [1.82, 2.24) is 20.4 Å². The van der Waals surface area contributed by atoms with Gasteiger partial charge in [-0.1, -0.05) is 56.7 Å². The zero-order chi connectivity index (χ0) is 60.7. The van der Waals surface area contributed by atoms with Crippen LogP contribution in [0, 0.1) is 11.8 Å². The fourth-order valence-corrected chi connectivity index (χ4v) is 11.6. The second-order valence-corrected chi connectivity index (χ2v) is 22.5. The molecule has 0 radical (unpaired) electrons. The summed E-state index contributed by atoms with van der Waals surface area (Å²) in [5.41, 5.74) is -2.65. The van der Waals surface area contributed by atoms with E-state index in [4.69, 9.17) is 23.7 Å². The number of imide groups is 1. The van der Waals surface area contributed by atoms with Crippen LogP contribution in [0.3, 0.4) is 0 Å². The summed E-state index contributed by atoms with van der Waals surface area (Å²) < 4.78 is 29.3. The lowest BCUT2D eigenvalue weighted by atomic mass is 9.72. The standard InChI is InChI=1S/C61H74N4O19/c1-32(2)39(26-37(67)11-7-6-8-22-64-46(70)19-20-47(64)71)59(77)63-33(3)42(68)25-35-15-17-36(18-16-35)31-82-60(78)65-23-24-81-48(65)14-10-21-62-41-27-49(83-34(4)54(41)72)84-44-29-61(79,45(69)30-66)28-40-51(44)58(76)53-52(56(40)74)55(73)38-12-9-13-43(80-5)50(38)57(53)75/h9,12-13,15-20,32-34,39,41,44,48-49,54,62,66,72,74,76,79H,6-8,10-11,14,21-31H2,1-5H3,(H,63,77)/t33-,34?,39-,41?,44+,48?,49?,54?,61+/m1/s1. The van der Waals surface area contributed by atoms with E-state index < -0.39 is 120 Å². The SMILES string of the molecule is COc1cccc2c1C(=O)c1c(O)c3c(c(O)c1C2=O)C[C@@](O)(C(=O)CO)C[C@@H]3OC1CC(NCCCC2OCCN2C(=O)OCc2ccc(CC(=O)[C@@H](C)NC(=O)[C@H](CC(=O)CCCCCN3C(=O)C=CC3=O)C(C)C)cc2)C(O)C(C)O1. The van der Waals surface area contributed by atoms with E-state index >= 15 is 0 Å². The number of nitrogens with zero attached hydrogens (tertiary/aromatic N) is 2. The number of ketones is 5. The van der Waals surface area contributed by atoms with E-state index in [1.165, 1.54) is 42.4 Å². The molecule has 5 aliphatic rings. The Hall–Kier alpha value is -7.25. The normalized spacial score (nSPS) is 23.5. The molecule has 84 heavy (non-hydrogen) atoms. The van der Waals surface area contributed by atoms with Gasteiger partial charge in [0, 0.05) is 85.9 Å². The third kappa shape index (κ3) is 13.8. The zero-order valence-corrected chi connectivity index (χ0v) is 47.8. The first-order chi connectivity index (χ1) is 40.0. The van der Waals surface area contributed by atoms with Crippen molar-refractivity contribution < 1.29 is 92.4 Å². The van der Waals surface area contributed by atoms with Crippen LogP contribution in [-0.2, 0) is 67.2 Å². The van der Waals surface area contributed by atoms with Gasteiger partial charge >= 0.3 is 6.09 Å². The molecule has 3 heterocycles. The number of rotatable bonds is 26. The number of carbonyl (C=O) groups is 9. The molecular formula is C61H74N4O19. The van der Waals surface area contributed by atoms with Crippen molar-refractivity contribution in [2.24, 2.45) is 11.8 Å².